The summed E-state index contributed by atoms with van der Waals surface area (Å²) in [6.07, 6.45) is 0. The summed E-state index contributed by atoms with van der Waals surface area (Å²) in [5.41, 5.74) is 2.03. The molecule has 72 valence electrons. The zero-order valence-corrected chi connectivity index (χ0v) is 7.84. The summed E-state index contributed by atoms with van der Waals surface area (Å²) in [5, 5.41) is 0. The molecule has 13 heavy (non-hydrogen) atoms. The maximum atomic E-state index is 11.9. The van der Waals surface area contributed by atoms with Gasteiger partial charge in [0.15, 0.2) is 0 Å². The molecule has 0 unspecified atom stereocenters. The number of benzene rings is 1. The first-order valence-electron chi connectivity index (χ1n) is 4.04. The Balaban J connectivity index is 2.83. The highest BCUT2D eigenvalue weighted by atomic mass is 19.1. The highest BCUT2D eigenvalue weighted by molar-refractivity contribution is 5.33. The van der Waals surface area contributed by atoms with Gasteiger partial charge in [-0.1, -0.05) is 6.07 Å². The van der Waals surface area contributed by atoms with Gasteiger partial charge in [-0.15, -0.1) is 0 Å². The van der Waals surface area contributed by atoms with Crippen LogP contribution in [0.2, 0.25) is 0 Å². The molecule has 0 heterocycles. The predicted molar refractivity (Wildman–Crippen MR) is 48.5 cm³/mol. The third kappa shape index (κ3) is 3.03. The van der Waals surface area contributed by atoms with Crippen molar-refractivity contribution in [2.24, 2.45) is 0 Å². The van der Waals surface area contributed by atoms with E-state index in [1.165, 1.54) is 0 Å². The SMILES string of the molecule is COCc1cc(C)cc(OCF)c1. The average Bonchev–Trinajstić information content (AvgIpc) is 2.04. The molecular weight excluding hydrogens is 171 g/mol. The molecule has 0 fully saturated rings. The molecule has 0 aliphatic rings. The second-order valence-electron chi connectivity index (χ2n) is 2.84. The maximum Gasteiger partial charge on any atom is 0.228 e. The molecule has 1 aromatic rings. The molecule has 3 heteroatoms. The lowest BCUT2D eigenvalue weighted by molar-refractivity contribution is 0.180. The van der Waals surface area contributed by atoms with Crippen molar-refractivity contribution in [1.29, 1.82) is 0 Å². The van der Waals surface area contributed by atoms with Gasteiger partial charge in [0.05, 0.1) is 6.61 Å². The molecule has 0 aliphatic heterocycles. The van der Waals surface area contributed by atoms with Gasteiger partial charge < -0.3 is 9.47 Å². The first-order chi connectivity index (χ1) is 6.26. The standard InChI is InChI=1S/C10H13FO2/c1-8-3-9(6-12-2)5-10(4-8)13-7-11/h3-5H,6-7H2,1-2H3. The number of halogens is 1. The summed E-state index contributed by atoms with van der Waals surface area (Å²) >= 11 is 0. The van der Waals surface area contributed by atoms with Crippen molar-refractivity contribution in [3.8, 4) is 5.75 Å². The van der Waals surface area contributed by atoms with Crippen molar-refractivity contribution in [2.75, 3.05) is 14.0 Å². The summed E-state index contributed by atoms with van der Waals surface area (Å²) in [6.45, 7) is 1.66. The number of ether oxygens (including phenoxy) is 2. The smallest absolute Gasteiger partial charge is 0.228 e. The maximum absolute atomic E-state index is 11.9. The molecule has 0 aliphatic carbocycles. The highest BCUT2D eigenvalue weighted by Crippen LogP contribution is 2.17. The fourth-order valence-corrected chi connectivity index (χ4v) is 1.22. The fraction of sp³-hybridized carbons (Fsp3) is 0.400. The Morgan fingerprint density at radius 2 is 2.08 bits per heavy atom. The van der Waals surface area contributed by atoms with Crippen LogP contribution in [0.4, 0.5) is 4.39 Å². The number of aryl methyl sites for hydroxylation is 1. The number of rotatable bonds is 4. The van der Waals surface area contributed by atoms with E-state index in [2.05, 4.69) is 0 Å². The number of alkyl halides is 1. The second kappa shape index (κ2) is 4.82. The Morgan fingerprint density at radius 1 is 1.31 bits per heavy atom. The van der Waals surface area contributed by atoms with Crippen molar-refractivity contribution >= 4 is 0 Å². The van der Waals surface area contributed by atoms with Crippen molar-refractivity contribution in [3.05, 3.63) is 29.3 Å². The lowest BCUT2D eigenvalue weighted by Gasteiger charge is -2.06. The number of hydrogen-bond donors (Lipinski definition) is 0. The highest BCUT2D eigenvalue weighted by Gasteiger charge is 1.98. The minimum Gasteiger partial charge on any atom is -0.463 e. The monoisotopic (exact) mass is 184 g/mol. The molecule has 0 saturated heterocycles. The normalized spacial score (nSPS) is 10.1. The Bertz CT molecular complexity index is 249. The van der Waals surface area contributed by atoms with E-state index in [1.54, 1.807) is 19.2 Å². The molecule has 1 aromatic carbocycles. The molecule has 0 spiro atoms. The Hall–Kier alpha value is -1.09. The quantitative estimate of drug-likeness (QED) is 0.715. The van der Waals surface area contributed by atoms with E-state index in [-0.39, 0.29) is 0 Å². The van der Waals surface area contributed by atoms with E-state index in [1.807, 2.05) is 13.0 Å². The molecule has 0 atom stereocenters. The van der Waals surface area contributed by atoms with Crippen LogP contribution in [0, 0.1) is 6.92 Å². The third-order valence-electron chi connectivity index (χ3n) is 1.64. The largest absolute Gasteiger partial charge is 0.463 e. The van der Waals surface area contributed by atoms with Gasteiger partial charge in [0, 0.05) is 7.11 Å². The van der Waals surface area contributed by atoms with Crippen LogP contribution in [-0.2, 0) is 11.3 Å². The van der Waals surface area contributed by atoms with Gasteiger partial charge in [0.2, 0.25) is 6.86 Å². The summed E-state index contributed by atoms with van der Waals surface area (Å²) in [6, 6.07) is 5.55. The minimum absolute atomic E-state index is 0.518. The van der Waals surface area contributed by atoms with E-state index < -0.39 is 6.86 Å². The molecule has 0 aromatic heterocycles. The Kier molecular flexibility index (Phi) is 3.71. The van der Waals surface area contributed by atoms with Crippen molar-refractivity contribution in [1.82, 2.24) is 0 Å². The van der Waals surface area contributed by atoms with Gasteiger partial charge in [-0.05, 0) is 30.2 Å². The van der Waals surface area contributed by atoms with E-state index in [9.17, 15) is 4.39 Å². The van der Waals surface area contributed by atoms with E-state index in [4.69, 9.17) is 9.47 Å². The minimum atomic E-state index is -0.796. The fourth-order valence-electron chi connectivity index (χ4n) is 1.22. The van der Waals surface area contributed by atoms with Crippen molar-refractivity contribution in [2.45, 2.75) is 13.5 Å². The van der Waals surface area contributed by atoms with Crippen LogP contribution < -0.4 is 4.74 Å². The molecule has 0 bridgehead atoms. The molecule has 1 rings (SSSR count). The summed E-state index contributed by atoms with van der Waals surface area (Å²) in [7, 11) is 1.62. The second-order valence-corrected chi connectivity index (χ2v) is 2.84. The van der Waals surface area contributed by atoms with Crippen LogP contribution in [0.25, 0.3) is 0 Å². The number of hydrogen-bond acceptors (Lipinski definition) is 2. The van der Waals surface area contributed by atoms with Crippen molar-refractivity contribution in [3.63, 3.8) is 0 Å². The third-order valence-corrected chi connectivity index (χ3v) is 1.64. The first kappa shape index (κ1) is 9.99. The van der Waals surface area contributed by atoms with Crippen LogP contribution in [0.3, 0.4) is 0 Å². The van der Waals surface area contributed by atoms with Crippen LogP contribution in [0.1, 0.15) is 11.1 Å². The molecule has 0 radical (unpaired) electrons. The molecule has 0 saturated carbocycles. The van der Waals surface area contributed by atoms with Crippen LogP contribution in [-0.4, -0.2) is 14.0 Å². The zero-order chi connectivity index (χ0) is 9.68. The number of methoxy groups -OCH3 is 1. The zero-order valence-electron chi connectivity index (χ0n) is 7.84. The first-order valence-corrected chi connectivity index (χ1v) is 4.04. The Labute approximate surface area is 77.3 Å². The predicted octanol–water partition coefficient (Wildman–Crippen LogP) is 2.45. The van der Waals surface area contributed by atoms with Crippen molar-refractivity contribution < 1.29 is 13.9 Å². The van der Waals surface area contributed by atoms with E-state index >= 15 is 0 Å². The Morgan fingerprint density at radius 3 is 2.69 bits per heavy atom. The van der Waals surface area contributed by atoms with Gasteiger partial charge in [-0.3, -0.25) is 0 Å². The lowest BCUT2D eigenvalue weighted by atomic mass is 10.1. The summed E-state index contributed by atoms with van der Waals surface area (Å²) in [4.78, 5) is 0. The van der Waals surface area contributed by atoms with Crippen LogP contribution in [0.15, 0.2) is 18.2 Å². The van der Waals surface area contributed by atoms with Crippen LogP contribution >= 0.6 is 0 Å². The van der Waals surface area contributed by atoms with E-state index in [0.29, 0.717) is 12.4 Å². The summed E-state index contributed by atoms with van der Waals surface area (Å²) in [5.74, 6) is 0.551. The molecular formula is C10H13FO2. The summed E-state index contributed by atoms with van der Waals surface area (Å²) < 4.78 is 21.6. The van der Waals surface area contributed by atoms with Crippen LogP contribution in [0.5, 0.6) is 5.75 Å². The average molecular weight is 184 g/mol. The molecule has 0 amide bonds. The van der Waals surface area contributed by atoms with E-state index in [0.717, 1.165) is 11.1 Å². The van der Waals surface area contributed by atoms with Gasteiger partial charge in [0.1, 0.15) is 5.75 Å². The topological polar surface area (TPSA) is 18.5 Å². The van der Waals surface area contributed by atoms with Gasteiger partial charge in [-0.25, -0.2) is 4.39 Å². The molecule has 2 nitrogen and oxygen atoms in total. The van der Waals surface area contributed by atoms with Gasteiger partial charge in [-0.2, -0.15) is 0 Å². The van der Waals surface area contributed by atoms with Gasteiger partial charge >= 0.3 is 0 Å². The van der Waals surface area contributed by atoms with Gasteiger partial charge in [0.25, 0.3) is 0 Å². The lowest BCUT2D eigenvalue weighted by Crippen LogP contribution is -1.94. The molecule has 0 N–H and O–H groups in total.